The number of hydrogen-bond acceptors (Lipinski definition) is 2. The van der Waals surface area contributed by atoms with Gasteiger partial charge in [0.05, 0.1) is 11.7 Å². The van der Waals surface area contributed by atoms with E-state index in [-0.39, 0.29) is 0 Å². The van der Waals surface area contributed by atoms with Gasteiger partial charge in [0.1, 0.15) is 0 Å². The molecule has 0 aliphatic carbocycles. The van der Waals surface area contributed by atoms with Gasteiger partial charge in [-0.2, -0.15) is 5.10 Å². The Kier molecular flexibility index (Phi) is 2.50. The molecule has 0 unspecified atom stereocenters. The summed E-state index contributed by atoms with van der Waals surface area (Å²) in [6.07, 6.45) is 2.99. The van der Waals surface area contributed by atoms with Crippen molar-refractivity contribution < 1.29 is 0 Å². The van der Waals surface area contributed by atoms with Gasteiger partial charge in [0.2, 0.25) is 0 Å². The first-order valence-electron chi connectivity index (χ1n) is 4.90. The fourth-order valence-corrected chi connectivity index (χ4v) is 1.65. The summed E-state index contributed by atoms with van der Waals surface area (Å²) in [6, 6.07) is 6.27. The maximum absolute atomic E-state index is 4.36. The molecule has 0 atom stereocenters. The Morgan fingerprint density at radius 2 is 2.29 bits per heavy atom. The molecule has 14 heavy (non-hydrogen) atoms. The van der Waals surface area contributed by atoms with Crippen LogP contribution in [0, 0.1) is 6.92 Å². The summed E-state index contributed by atoms with van der Waals surface area (Å²) in [5.41, 5.74) is 3.71. The second-order valence-electron chi connectivity index (χ2n) is 3.49. The largest absolute Gasteiger partial charge is 0.319 e. The van der Waals surface area contributed by atoms with Crippen LogP contribution in [0.1, 0.15) is 11.3 Å². The van der Waals surface area contributed by atoms with E-state index in [4.69, 9.17) is 0 Å². The van der Waals surface area contributed by atoms with Crippen molar-refractivity contribution in [2.24, 2.45) is 0 Å². The molecule has 2 aromatic heterocycles. The highest BCUT2D eigenvalue weighted by Gasteiger charge is 2.03. The number of nitrogens with one attached hydrogen (secondary N) is 1. The van der Waals surface area contributed by atoms with Gasteiger partial charge in [-0.1, -0.05) is 6.07 Å². The van der Waals surface area contributed by atoms with Crippen LogP contribution in [0.2, 0.25) is 0 Å². The minimum atomic E-state index is 0.995. The molecule has 2 heterocycles. The summed E-state index contributed by atoms with van der Waals surface area (Å²) in [4.78, 5) is 0. The van der Waals surface area contributed by atoms with E-state index in [2.05, 4.69) is 35.5 Å². The van der Waals surface area contributed by atoms with E-state index in [1.807, 2.05) is 17.8 Å². The fraction of sp³-hybridized carbons (Fsp3) is 0.364. The van der Waals surface area contributed by atoms with Crippen molar-refractivity contribution in [3.8, 4) is 0 Å². The standard InChI is InChI=1S/C11H15N3/c1-9-4-3-5-11-10(6-7-12-2)8-13-14(9)11/h3-5,8,12H,6-7H2,1-2H3. The summed E-state index contributed by atoms with van der Waals surface area (Å²) < 4.78 is 1.99. The van der Waals surface area contributed by atoms with Crippen molar-refractivity contribution in [2.75, 3.05) is 13.6 Å². The third kappa shape index (κ3) is 1.51. The highest BCUT2D eigenvalue weighted by atomic mass is 15.2. The molecule has 0 amide bonds. The Labute approximate surface area is 83.7 Å². The molecule has 1 N–H and O–H groups in total. The zero-order valence-electron chi connectivity index (χ0n) is 8.62. The van der Waals surface area contributed by atoms with Crippen LogP contribution in [0.4, 0.5) is 0 Å². The number of likely N-dealkylation sites (N-methyl/N-ethyl adjacent to an activating group) is 1. The Hall–Kier alpha value is -1.35. The average molecular weight is 189 g/mol. The van der Waals surface area contributed by atoms with Crippen LogP contribution < -0.4 is 5.32 Å². The minimum absolute atomic E-state index is 0.995. The number of aryl methyl sites for hydroxylation is 1. The van der Waals surface area contributed by atoms with E-state index in [9.17, 15) is 0 Å². The molecule has 0 aliphatic heterocycles. The second-order valence-corrected chi connectivity index (χ2v) is 3.49. The third-order valence-electron chi connectivity index (χ3n) is 2.46. The van der Waals surface area contributed by atoms with Crippen molar-refractivity contribution in [3.63, 3.8) is 0 Å². The zero-order chi connectivity index (χ0) is 9.97. The topological polar surface area (TPSA) is 29.3 Å². The molecule has 74 valence electrons. The summed E-state index contributed by atoms with van der Waals surface area (Å²) in [5, 5.41) is 7.51. The van der Waals surface area contributed by atoms with Gasteiger partial charge in [-0.3, -0.25) is 0 Å². The monoisotopic (exact) mass is 189 g/mol. The van der Waals surface area contributed by atoms with Gasteiger partial charge in [-0.25, -0.2) is 4.52 Å². The van der Waals surface area contributed by atoms with Gasteiger partial charge < -0.3 is 5.32 Å². The van der Waals surface area contributed by atoms with Crippen LogP contribution >= 0.6 is 0 Å². The number of fused-ring (bicyclic) bond motifs is 1. The molecule has 0 aliphatic rings. The van der Waals surface area contributed by atoms with Gasteiger partial charge in [0, 0.05) is 5.69 Å². The highest BCUT2D eigenvalue weighted by molar-refractivity contribution is 5.54. The first-order chi connectivity index (χ1) is 6.83. The van der Waals surface area contributed by atoms with E-state index in [1.165, 1.54) is 16.8 Å². The maximum atomic E-state index is 4.36. The highest BCUT2D eigenvalue weighted by Crippen LogP contribution is 2.12. The maximum Gasteiger partial charge on any atom is 0.0697 e. The average Bonchev–Trinajstić information content (AvgIpc) is 2.60. The van der Waals surface area contributed by atoms with E-state index in [0.717, 1.165) is 13.0 Å². The molecule has 0 fully saturated rings. The van der Waals surface area contributed by atoms with Gasteiger partial charge >= 0.3 is 0 Å². The zero-order valence-corrected chi connectivity index (χ0v) is 8.62. The molecule has 0 radical (unpaired) electrons. The van der Waals surface area contributed by atoms with Gasteiger partial charge in [0.25, 0.3) is 0 Å². The van der Waals surface area contributed by atoms with E-state index in [0.29, 0.717) is 0 Å². The molecule has 2 aromatic rings. The first-order valence-corrected chi connectivity index (χ1v) is 4.90. The minimum Gasteiger partial charge on any atom is -0.319 e. The van der Waals surface area contributed by atoms with Crippen molar-refractivity contribution in [1.29, 1.82) is 0 Å². The SMILES string of the molecule is CNCCc1cnn2c(C)cccc12. The van der Waals surface area contributed by atoms with Gasteiger partial charge in [-0.15, -0.1) is 0 Å². The first kappa shape index (κ1) is 9.21. The molecule has 0 saturated carbocycles. The lowest BCUT2D eigenvalue weighted by Gasteiger charge is -2.00. The lowest BCUT2D eigenvalue weighted by Crippen LogP contribution is -2.10. The normalized spacial score (nSPS) is 11.0. The lowest BCUT2D eigenvalue weighted by atomic mass is 10.2. The van der Waals surface area contributed by atoms with Crippen molar-refractivity contribution in [3.05, 3.63) is 35.7 Å². The molecular formula is C11H15N3. The van der Waals surface area contributed by atoms with E-state index >= 15 is 0 Å². The van der Waals surface area contributed by atoms with Crippen molar-refractivity contribution in [1.82, 2.24) is 14.9 Å². The van der Waals surface area contributed by atoms with Gasteiger partial charge in [0.15, 0.2) is 0 Å². The van der Waals surface area contributed by atoms with Crippen LogP contribution in [0.5, 0.6) is 0 Å². The molecule has 0 aromatic carbocycles. The van der Waals surface area contributed by atoms with Crippen LogP contribution in [-0.2, 0) is 6.42 Å². The molecule has 3 nitrogen and oxygen atoms in total. The smallest absolute Gasteiger partial charge is 0.0697 e. The van der Waals surface area contributed by atoms with E-state index in [1.54, 1.807) is 0 Å². The predicted octanol–water partition coefficient (Wildman–Crippen LogP) is 1.40. The Morgan fingerprint density at radius 1 is 1.43 bits per heavy atom. The summed E-state index contributed by atoms with van der Waals surface area (Å²) in [7, 11) is 1.97. The van der Waals surface area contributed by atoms with Crippen molar-refractivity contribution >= 4 is 5.52 Å². The summed E-state index contributed by atoms with van der Waals surface area (Å²) in [6.45, 7) is 3.07. The van der Waals surface area contributed by atoms with Gasteiger partial charge in [-0.05, 0) is 44.6 Å². The summed E-state index contributed by atoms with van der Waals surface area (Å²) in [5.74, 6) is 0. The molecule has 3 heteroatoms. The molecule has 0 saturated heterocycles. The molecule has 0 spiro atoms. The number of hydrogen-bond donors (Lipinski definition) is 1. The Balaban J connectivity index is 2.42. The molecule has 2 rings (SSSR count). The van der Waals surface area contributed by atoms with Crippen LogP contribution in [-0.4, -0.2) is 23.2 Å². The van der Waals surface area contributed by atoms with Crippen LogP contribution in [0.25, 0.3) is 5.52 Å². The Bertz CT molecular complexity index is 431. The predicted molar refractivity (Wildman–Crippen MR) is 57.6 cm³/mol. The van der Waals surface area contributed by atoms with E-state index < -0.39 is 0 Å². The number of pyridine rings is 1. The third-order valence-corrected chi connectivity index (χ3v) is 2.46. The van der Waals surface area contributed by atoms with Crippen molar-refractivity contribution in [2.45, 2.75) is 13.3 Å². The number of rotatable bonds is 3. The lowest BCUT2D eigenvalue weighted by molar-refractivity contribution is 0.795. The fourth-order valence-electron chi connectivity index (χ4n) is 1.65. The number of aromatic nitrogens is 2. The Morgan fingerprint density at radius 3 is 3.07 bits per heavy atom. The summed E-state index contributed by atoms with van der Waals surface area (Å²) >= 11 is 0. The van der Waals surface area contributed by atoms with Crippen LogP contribution in [0.15, 0.2) is 24.4 Å². The number of nitrogens with zero attached hydrogens (tertiary/aromatic N) is 2. The van der Waals surface area contributed by atoms with Crippen LogP contribution in [0.3, 0.4) is 0 Å². The second kappa shape index (κ2) is 3.80. The quantitative estimate of drug-likeness (QED) is 0.791. The molecule has 0 bridgehead atoms. The molecular weight excluding hydrogens is 174 g/mol.